The van der Waals surface area contributed by atoms with E-state index >= 15 is 0 Å². The molecule has 1 aromatic rings. The smallest absolute Gasteiger partial charge is 0.253 e. The molecule has 1 saturated heterocycles. The molecule has 1 aliphatic rings. The maximum Gasteiger partial charge on any atom is 0.253 e. The number of phenolic OH excluding ortho intramolecular Hbond substituents is 1. The topological polar surface area (TPSA) is 40.5 Å². The molecule has 0 bridgehead atoms. The summed E-state index contributed by atoms with van der Waals surface area (Å²) in [5.74, 6) is 1.55. The number of nitrogens with zero attached hydrogens (tertiary/aromatic N) is 1. The molecule has 1 fully saturated rings. The van der Waals surface area contributed by atoms with Gasteiger partial charge in [0.15, 0.2) is 0 Å². The Morgan fingerprint density at radius 3 is 2.53 bits per heavy atom. The molecule has 0 spiro atoms. The van der Waals surface area contributed by atoms with Crippen LogP contribution in [0.15, 0.2) is 22.7 Å². The van der Waals surface area contributed by atoms with Crippen LogP contribution in [-0.4, -0.2) is 29.0 Å². The molecule has 104 valence electrons. The van der Waals surface area contributed by atoms with Gasteiger partial charge < -0.3 is 10.0 Å². The first kappa shape index (κ1) is 14.4. The summed E-state index contributed by atoms with van der Waals surface area (Å²) in [5, 5.41) is 9.64. The average Bonchev–Trinajstić information content (AvgIpc) is 2.41. The third-order valence-corrected chi connectivity index (χ3v) is 4.63. The van der Waals surface area contributed by atoms with Crippen molar-refractivity contribution in [2.24, 2.45) is 11.8 Å². The van der Waals surface area contributed by atoms with Gasteiger partial charge in [-0.2, -0.15) is 0 Å². The number of benzene rings is 1. The van der Waals surface area contributed by atoms with E-state index in [1.54, 1.807) is 12.1 Å². The normalized spacial score (nSPS) is 16.9. The molecular weight excluding hydrogens is 306 g/mol. The van der Waals surface area contributed by atoms with Crippen molar-refractivity contribution in [2.75, 3.05) is 13.1 Å². The van der Waals surface area contributed by atoms with E-state index in [2.05, 4.69) is 29.8 Å². The molecule has 0 aliphatic carbocycles. The summed E-state index contributed by atoms with van der Waals surface area (Å²) < 4.78 is 0.613. The number of amides is 1. The molecule has 19 heavy (non-hydrogen) atoms. The Bertz CT molecular complexity index is 465. The Morgan fingerprint density at radius 1 is 1.37 bits per heavy atom. The van der Waals surface area contributed by atoms with Crippen LogP contribution in [0.1, 0.15) is 37.0 Å². The van der Waals surface area contributed by atoms with E-state index in [9.17, 15) is 9.90 Å². The molecule has 2 rings (SSSR count). The fraction of sp³-hybridized carbons (Fsp3) is 0.533. The zero-order chi connectivity index (χ0) is 14.0. The molecule has 0 unspecified atom stereocenters. The Labute approximate surface area is 122 Å². The van der Waals surface area contributed by atoms with Gasteiger partial charge >= 0.3 is 0 Å². The van der Waals surface area contributed by atoms with E-state index in [4.69, 9.17) is 0 Å². The van der Waals surface area contributed by atoms with Gasteiger partial charge in [-0.1, -0.05) is 13.8 Å². The van der Waals surface area contributed by atoms with E-state index in [0.717, 1.165) is 31.8 Å². The van der Waals surface area contributed by atoms with Gasteiger partial charge in [0, 0.05) is 18.7 Å². The molecule has 1 aliphatic heterocycles. The monoisotopic (exact) mass is 325 g/mol. The molecule has 0 aromatic heterocycles. The summed E-state index contributed by atoms with van der Waals surface area (Å²) in [4.78, 5) is 14.2. The molecule has 1 heterocycles. The van der Waals surface area contributed by atoms with Crippen molar-refractivity contribution in [3.63, 3.8) is 0 Å². The van der Waals surface area contributed by atoms with E-state index in [1.165, 1.54) is 6.07 Å². The lowest BCUT2D eigenvalue weighted by Gasteiger charge is -2.34. The van der Waals surface area contributed by atoms with E-state index in [0.29, 0.717) is 16.0 Å². The van der Waals surface area contributed by atoms with Crippen LogP contribution in [0.2, 0.25) is 0 Å². The van der Waals surface area contributed by atoms with Gasteiger partial charge in [0.25, 0.3) is 5.91 Å². The fourth-order valence-electron chi connectivity index (χ4n) is 2.60. The van der Waals surface area contributed by atoms with Crippen LogP contribution in [-0.2, 0) is 0 Å². The summed E-state index contributed by atoms with van der Waals surface area (Å²) in [6.45, 7) is 6.13. The highest BCUT2D eigenvalue weighted by Gasteiger charge is 2.25. The number of carbonyl (C=O) groups excluding carboxylic acids is 1. The number of likely N-dealkylation sites (tertiary alicyclic amines) is 1. The first-order valence-electron chi connectivity index (χ1n) is 6.77. The van der Waals surface area contributed by atoms with Crippen LogP contribution >= 0.6 is 15.9 Å². The maximum atomic E-state index is 12.3. The molecule has 3 nitrogen and oxygen atoms in total. The molecule has 0 radical (unpaired) electrons. The number of piperidine rings is 1. The lowest BCUT2D eigenvalue weighted by atomic mass is 9.86. The lowest BCUT2D eigenvalue weighted by molar-refractivity contribution is 0.0667. The number of halogens is 1. The summed E-state index contributed by atoms with van der Waals surface area (Å²) in [7, 11) is 0. The van der Waals surface area contributed by atoms with Gasteiger partial charge in [0.05, 0.1) is 4.47 Å². The maximum absolute atomic E-state index is 12.3. The van der Waals surface area contributed by atoms with Crippen LogP contribution in [0.5, 0.6) is 5.75 Å². The van der Waals surface area contributed by atoms with Crippen molar-refractivity contribution in [3.8, 4) is 5.75 Å². The number of aromatic hydroxyl groups is 1. The van der Waals surface area contributed by atoms with Gasteiger partial charge in [0.1, 0.15) is 5.75 Å². The van der Waals surface area contributed by atoms with Gasteiger partial charge in [-0.25, -0.2) is 0 Å². The highest BCUT2D eigenvalue weighted by molar-refractivity contribution is 9.10. The van der Waals surface area contributed by atoms with Crippen LogP contribution in [0, 0.1) is 11.8 Å². The Morgan fingerprint density at radius 2 is 2.00 bits per heavy atom. The molecule has 1 amide bonds. The van der Waals surface area contributed by atoms with Crippen molar-refractivity contribution >= 4 is 21.8 Å². The summed E-state index contributed by atoms with van der Waals surface area (Å²) in [5.41, 5.74) is 0.559. The van der Waals surface area contributed by atoms with Gasteiger partial charge in [-0.3, -0.25) is 4.79 Å². The summed E-state index contributed by atoms with van der Waals surface area (Å²) in [6.07, 6.45) is 2.15. The standard InChI is InChI=1S/C15H20BrNO2/c1-10(2)11-5-7-17(8-6-11)15(19)12-3-4-13(16)14(18)9-12/h3-4,9-11,18H,5-8H2,1-2H3. The minimum Gasteiger partial charge on any atom is -0.507 e. The Kier molecular flexibility index (Phi) is 4.50. The number of hydrogen-bond donors (Lipinski definition) is 1. The van der Waals surface area contributed by atoms with Crippen LogP contribution in [0.3, 0.4) is 0 Å². The predicted octanol–water partition coefficient (Wildman–Crippen LogP) is 3.66. The molecule has 1 aromatic carbocycles. The number of carbonyl (C=O) groups is 1. The van der Waals surface area contributed by atoms with Crippen molar-refractivity contribution in [3.05, 3.63) is 28.2 Å². The van der Waals surface area contributed by atoms with Crippen molar-refractivity contribution in [2.45, 2.75) is 26.7 Å². The number of hydrogen-bond acceptors (Lipinski definition) is 2. The summed E-state index contributed by atoms with van der Waals surface area (Å²) >= 11 is 3.22. The average molecular weight is 326 g/mol. The van der Waals surface area contributed by atoms with E-state index < -0.39 is 0 Å². The minimum absolute atomic E-state index is 0.0185. The molecule has 1 N–H and O–H groups in total. The van der Waals surface area contributed by atoms with E-state index in [1.807, 2.05) is 4.90 Å². The first-order valence-corrected chi connectivity index (χ1v) is 7.56. The summed E-state index contributed by atoms with van der Waals surface area (Å²) in [6, 6.07) is 4.99. The van der Waals surface area contributed by atoms with Crippen LogP contribution in [0.25, 0.3) is 0 Å². The van der Waals surface area contributed by atoms with Crippen LogP contribution < -0.4 is 0 Å². The SMILES string of the molecule is CC(C)C1CCN(C(=O)c2ccc(Br)c(O)c2)CC1. The number of phenols is 1. The zero-order valence-corrected chi connectivity index (χ0v) is 13.0. The number of rotatable bonds is 2. The zero-order valence-electron chi connectivity index (χ0n) is 11.4. The second-order valence-electron chi connectivity index (χ2n) is 5.54. The quantitative estimate of drug-likeness (QED) is 0.901. The highest BCUT2D eigenvalue weighted by Crippen LogP contribution is 2.28. The second-order valence-corrected chi connectivity index (χ2v) is 6.39. The lowest BCUT2D eigenvalue weighted by Crippen LogP contribution is -2.39. The van der Waals surface area contributed by atoms with Crippen LogP contribution in [0.4, 0.5) is 0 Å². The van der Waals surface area contributed by atoms with Crippen molar-refractivity contribution < 1.29 is 9.90 Å². The Hall–Kier alpha value is -1.03. The van der Waals surface area contributed by atoms with Crippen molar-refractivity contribution in [1.82, 2.24) is 4.90 Å². The third kappa shape index (κ3) is 3.30. The minimum atomic E-state index is 0.0185. The largest absolute Gasteiger partial charge is 0.507 e. The molecular formula is C15H20BrNO2. The molecule has 0 atom stereocenters. The molecule has 4 heteroatoms. The predicted molar refractivity (Wildman–Crippen MR) is 79.3 cm³/mol. The fourth-order valence-corrected chi connectivity index (χ4v) is 2.84. The van der Waals surface area contributed by atoms with Gasteiger partial charge in [0.2, 0.25) is 0 Å². The van der Waals surface area contributed by atoms with Gasteiger partial charge in [-0.15, -0.1) is 0 Å². The van der Waals surface area contributed by atoms with Gasteiger partial charge in [-0.05, 0) is 58.8 Å². The highest BCUT2D eigenvalue weighted by atomic mass is 79.9. The van der Waals surface area contributed by atoms with Crippen molar-refractivity contribution in [1.29, 1.82) is 0 Å². The second kappa shape index (κ2) is 5.95. The molecule has 0 saturated carbocycles. The first-order chi connectivity index (χ1) is 8.99. The third-order valence-electron chi connectivity index (χ3n) is 3.96. The van der Waals surface area contributed by atoms with E-state index in [-0.39, 0.29) is 11.7 Å². The Balaban J connectivity index is 2.03.